The Balaban J connectivity index is 2.54. The van der Waals surface area contributed by atoms with E-state index in [4.69, 9.17) is 11.5 Å². The topological polar surface area (TPSA) is 120 Å². The second-order valence-electron chi connectivity index (χ2n) is 4.42. The third kappa shape index (κ3) is 1.55. The molecule has 0 bridgehead atoms. The van der Waals surface area contributed by atoms with Crippen LogP contribution < -0.4 is 11.5 Å². The van der Waals surface area contributed by atoms with Gasteiger partial charge in [0.2, 0.25) is 19.7 Å². The first-order valence-corrected chi connectivity index (χ1v) is 8.50. The van der Waals surface area contributed by atoms with Crippen LogP contribution in [0, 0.1) is 0 Å². The van der Waals surface area contributed by atoms with Gasteiger partial charge in [0.1, 0.15) is 0 Å². The van der Waals surface area contributed by atoms with Crippen molar-refractivity contribution in [1.29, 1.82) is 0 Å². The molecule has 4 N–H and O–H groups in total. The van der Waals surface area contributed by atoms with Crippen molar-refractivity contribution in [2.24, 2.45) is 0 Å². The molecule has 0 amide bonds. The molecule has 0 saturated heterocycles. The van der Waals surface area contributed by atoms with E-state index in [1.54, 1.807) is 0 Å². The lowest BCUT2D eigenvalue weighted by Crippen LogP contribution is -2.20. The third-order valence-electron chi connectivity index (χ3n) is 3.09. The molecule has 6 nitrogen and oxygen atoms in total. The van der Waals surface area contributed by atoms with E-state index in [1.165, 1.54) is 24.3 Å². The number of sulfone groups is 2. The van der Waals surface area contributed by atoms with Crippen molar-refractivity contribution < 1.29 is 16.8 Å². The van der Waals surface area contributed by atoms with E-state index in [0.717, 1.165) is 12.1 Å². The number of benzene rings is 2. The molecule has 1 heterocycles. The minimum atomic E-state index is -3.96. The standard InChI is InChI=1S/C12H10N2O4S2/c13-7-1-3-9-11(5-7)20(17,18)12-6-8(14)2-4-10(12)19(9,15)16/h1-6H,13-14H2. The van der Waals surface area contributed by atoms with Gasteiger partial charge in [-0.1, -0.05) is 0 Å². The van der Waals surface area contributed by atoms with Gasteiger partial charge in [0.25, 0.3) is 0 Å². The average molecular weight is 310 g/mol. The van der Waals surface area contributed by atoms with E-state index < -0.39 is 19.7 Å². The Morgan fingerprint density at radius 2 is 0.950 bits per heavy atom. The van der Waals surface area contributed by atoms with Crippen LogP contribution >= 0.6 is 0 Å². The molecular weight excluding hydrogens is 300 g/mol. The van der Waals surface area contributed by atoms with Crippen LogP contribution in [0.1, 0.15) is 0 Å². The van der Waals surface area contributed by atoms with Crippen LogP contribution in [0.15, 0.2) is 56.0 Å². The molecule has 0 fully saturated rings. The van der Waals surface area contributed by atoms with Gasteiger partial charge in [-0.15, -0.1) is 0 Å². The first-order valence-electron chi connectivity index (χ1n) is 5.54. The molecule has 2 aromatic rings. The molecule has 0 unspecified atom stereocenters. The van der Waals surface area contributed by atoms with Gasteiger partial charge in [-0.25, -0.2) is 16.8 Å². The third-order valence-corrected chi connectivity index (χ3v) is 7.06. The van der Waals surface area contributed by atoms with E-state index in [9.17, 15) is 16.8 Å². The summed E-state index contributed by atoms with van der Waals surface area (Å²) in [5, 5.41) is 0. The Hall–Kier alpha value is -2.06. The molecule has 0 radical (unpaired) electrons. The summed E-state index contributed by atoms with van der Waals surface area (Å²) in [6.45, 7) is 0. The lowest BCUT2D eigenvalue weighted by molar-refractivity contribution is 0.570. The summed E-state index contributed by atoms with van der Waals surface area (Å²) >= 11 is 0. The molecule has 0 aromatic heterocycles. The highest BCUT2D eigenvalue weighted by Gasteiger charge is 2.39. The zero-order valence-electron chi connectivity index (χ0n) is 10.1. The van der Waals surface area contributed by atoms with Crippen LogP contribution in [-0.4, -0.2) is 16.8 Å². The van der Waals surface area contributed by atoms with Crippen LogP contribution in [0.4, 0.5) is 11.4 Å². The average Bonchev–Trinajstić information content (AvgIpc) is 2.36. The molecule has 1 aliphatic rings. The number of nitrogens with two attached hydrogens (primary N) is 2. The maximum absolute atomic E-state index is 12.5. The smallest absolute Gasteiger partial charge is 0.209 e. The predicted molar refractivity (Wildman–Crippen MR) is 72.6 cm³/mol. The molecule has 2 aromatic carbocycles. The summed E-state index contributed by atoms with van der Waals surface area (Å²) in [5.41, 5.74) is 11.5. The lowest BCUT2D eigenvalue weighted by Gasteiger charge is -2.20. The molecule has 0 saturated carbocycles. The zero-order chi connectivity index (χ0) is 14.7. The highest BCUT2D eigenvalue weighted by atomic mass is 32.2. The van der Waals surface area contributed by atoms with Crippen molar-refractivity contribution in [3.05, 3.63) is 36.4 Å². The van der Waals surface area contributed by atoms with Gasteiger partial charge in [-0.2, -0.15) is 0 Å². The van der Waals surface area contributed by atoms with Gasteiger partial charge < -0.3 is 11.5 Å². The second-order valence-corrected chi connectivity index (χ2v) is 8.19. The fraction of sp³-hybridized carbons (Fsp3) is 0. The van der Waals surface area contributed by atoms with E-state index in [0.29, 0.717) is 0 Å². The van der Waals surface area contributed by atoms with Crippen LogP contribution in [0.2, 0.25) is 0 Å². The Morgan fingerprint density at radius 3 is 1.35 bits per heavy atom. The van der Waals surface area contributed by atoms with Crippen molar-refractivity contribution in [3.8, 4) is 0 Å². The monoisotopic (exact) mass is 310 g/mol. The SMILES string of the molecule is Nc1ccc2c(c1)S(=O)(=O)c1cc(N)ccc1S2(=O)=O. The number of nitrogen functional groups attached to an aromatic ring is 2. The van der Waals surface area contributed by atoms with Crippen molar-refractivity contribution in [2.75, 3.05) is 11.5 Å². The van der Waals surface area contributed by atoms with Gasteiger partial charge in [0.05, 0.1) is 19.6 Å². The first kappa shape index (κ1) is 12.9. The fourth-order valence-corrected chi connectivity index (χ4v) is 6.33. The highest BCUT2D eigenvalue weighted by Crippen LogP contribution is 2.41. The minimum Gasteiger partial charge on any atom is -0.399 e. The first-order chi connectivity index (χ1) is 9.24. The van der Waals surface area contributed by atoms with Crippen LogP contribution in [0.5, 0.6) is 0 Å². The molecule has 20 heavy (non-hydrogen) atoms. The summed E-state index contributed by atoms with van der Waals surface area (Å²) in [6, 6.07) is 7.42. The molecule has 0 aliphatic carbocycles. The van der Waals surface area contributed by atoms with Crippen molar-refractivity contribution in [1.82, 2.24) is 0 Å². The number of hydrogen-bond acceptors (Lipinski definition) is 6. The zero-order valence-corrected chi connectivity index (χ0v) is 11.7. The van der Waals surface area contributed by atoms with Gasteiger partial charge in [-0.05, 0) is 36.4 Å². The van der Waals surface area contributed by atoms with Gasteiger partial charge in [0.15, 0.2) is 0 Å². The molecule has 0 atom stereocenters. The number of rotatable bonds is 0. The van der Waals surface area contributed by atoms with Gasteiger partial charge >= 0.3 is 0 Å². The second kappa shape index (κ2) is 3.74. The van der Waals surface area contributed by atoms with Gasteiger partial charge in [-0.3, -0.25) is 0 Å². The van der Waals surface area contributed by atoms with Crippen LogP contribution in [0.3, 0.4) is 0 Å². The van der Waals surface area contributed by atoms with Crippen molar-refractivity contribution in [2.45, 2.75) is 19.6 Å². The number of anilines is 2. The molecule has 3 rings (SSSR count). The van der Waals surface area contributed by atoms with E-state index in [2.05, 4.69) is 0 Å². The lowest BCUT2D eigenvalue weighted by atomic mass is 10.3. The molecule has 104 valence electrons. The Morgan fingerprint density at radius 1 is 0.600 bits per heavy atom. The normalized spacial score (nSPS) is 18.0. The summed E-state index contributed by atoms with van der Waals surface area (Å²) in [4.78, 5) is -1.14. The van der Waals surface area contributed by atoms with Crippen LogP contribution in [-0.2, 0) is 19.7 Å². The Bertz CT molecular complexity index is 882. The van der Waals surface area contributed by atoms with Crippen LogP contribution in [0.25, 0.3) is 0 Å². The maximum atomic E-state index is 12.5. The van der Waals surface area contributed by atoms with Crippen molar-refractivity contribution >= 4 is 31.0 Å². The molecular formula is C12H10N2O4S2. The summed E-state index contributed by atoms with van der Waals surface area (Å²) in [6.07, 6.45) is 0. The van der Waals surface area contributed by atoms with E-state index in [1.807, 2.05) is 0 Å². The Kier molecular flexibility index (Phi) is 2.42. The molecule has 0 spiro atoms. The molecule has 1 aliphatic heterocycles. The quantitative estimate of drug-likeness (QED) is 0.593. The van der Waals surface area contributed by atoms with Gasteiger partial charge in [0, 0.05) is 11.4 Å². The number of hydrogen-bond donors (Lipinski definition) is 2. The van der Waals surface area contributed by atoms with Crippen molar-refractivity contribution in [3.63, 3.8) is 0 Å². The summed E-state index contributed by atoms with van der Waals surface area (Å²) < 4.78 is 49.9. The Labute approximate surface area is 115 Å². The minimum absolute atomic E-state index is 0.176. The highest BCUT2D eigenvalue weighted by molar-refractivity contribution is 7.97. The predicted octanol–water partition coefficient (Wildman–Crippen LogP) is 0.830. The summed E-state index contributed by atoms with van der Waals surface area (Å²) in [7, 11) is -7.85. The van der Waals surface area contributed by atoms with E-state index >= 15 is 0 Å². The number of fused-ring (bicyclic) bond motifs is 2. The maximum Gasteiger partial charge on any atom is 0.209 e. The summed E-state index contributed by atoms with van der Waals surface area (Å²) in [5.74, 6) is 0. The molecule has 8 heteroatoms. The largest absolute Gasteiger partial charge is 0.399 e. The van der Waals surface area contributed by atoms with E-state index in [-0.39, 0.29) is 31.0 Å². The fourth-order valence-electron chi connectivity index (χ4n) is 2.15.